The van der Waals surface area contributed by atoms with Crippen molar-refractivity contribution >= 4 is 5.69 Å². The van der Waals surface area contributed by atoms with Gasteiger partial charge in [-0.05, 0) is 45.6 Å². The second kappa shape index (κ2) is 8.18. The fourth-order valence-electron chi connectivity index (χ4n) is 2.10. The zero-order chi connectivity index (χ0) is 14.3. The van der Waals surface area contributed by atoms with Crippen LogP contribution < -0.4 is 10.2 Å². The summed E-state index contributed by atoms with van der Waals surface area (Å²) in [5.74, 6) is 0. The van der Waals surface area contributed by atoms with E-state index in [1.54, 1.807) is 0 Å². The van der Waals surface area contributed by atoms with Crippen molar-refractivity contribution in [3.63, 3.8) is 0 Å². The molecule has 0 saturated heterocycles. The van der Waals surface area contributed by atoms with Gasteiger partial charge in [0.25, 0.3) is 0 Å². The summed E-state index contributed by atoms with van der Waals surface area (Å²) in [6, 6.07) is 6.74. The van der Waals surface area contributed by atoms with E-state index in [0.29, 0.717) is 0 Å². The van der Waals surface area contributed by atoms with E-state index < -0.39 is 0 Å². The number of benzene rings is 1. The minimum atomic E-state index is 0.956. The second-order valence-electron chi connectivity index (χ2n) is 5.53. The summed E-state index contributed by atoms with van der Waals surface area (Å²) < 4.78 is 0. The van der Waals surface area contributed by atoms with Gasteiger partial charge >= 0.3 is 0 Å². The smallest absolute Gasteiger partial charge is 0.0409 e. The third-order valence-electron chi connectivity index (χ3n) is 3.27. The molecule has 108 valence electrons. The number of aryl methyl sites for hydroxylation is 1. The van der Waals surface area contributed by atoms with Crippen LogP contribution in [0, 0.1) is 6.92 Å². The van der Waals surface area contributed by atoms with Crippen LogP contribution in [0.15, 0.2) is 18.2 Å². The molecule has 1 rings (SSSR count). The summed E-state index contributed by atoms with van der Waals surface area (Å²) in [4.78, 5) is 4.57. The molecule has 1 N–H and O–H groups in total. The topological polar surface area (TPSA) is 18.5 Å². The molecule has 0 atom stereocenters. The minimum absolute atomic E-state index is 0.956. The van der Waals surface area contributed by atoms with Crippen LogP contribution in [0.5, 0.6) is 0 Å². The molecule has 0 aliphatic carbocycles. The highest BCUT2D eigenvalue weighted by molar-refractivity contribution is 5.54. The second-order valence-corrected chi connectivity index (χ2v) is 5.53. The molecule has 0 spiro atoms. The summed E-state index contributed by atoms with van der Waals surface area (Å²) in [6.07, 6.45) is 1.18. The first kappa shape index (κ1) is 16.0. The van der Waals surface area contributed by atoms with Crippen molar-refractivity contribution in [1.82, 2.24) is 10.2 Å². The van der Waals surface area contributed by atoms with Crippen LogP contribution in [0.25, 0.3) is 0 Å². The van der Waals surface area contributed by atoms with Gasteiger partial charge in [0, 0.05) is 32.4 Å². The molecule has 0 unspecified atom stereocenters. The molecule has 0 saturated carbocycles. The number of rotatable bonds is 8. The fourth-order valence-corrected chi connectivity index (χ4v) is 2.10. The molecule has 0 amide bonds. The molecule has 3 heteroatoms. The molecule has 1 aromatic rings. The van der Waals surface area contributed by atoms with E-state index >= 15 is 0 Å². The van der Waals surface area contributed by atoms with Crippen molar-refractivity contribution in [2.24, 2.45) is 0 Å². The standard InChI is InChI=1S/C16H29N3/c1-6-9-17-13-15-12-14(2)7-8-16(15)19(5)11-10-18(3)4/h7-8,12,17H,6,9-11,13H2,1-5H3. The van der Waals surface area contributed by atoms with Crippen LogP contribution in [-0.2, 0) is 6.54 Å². The summed E-state index contributed by atoms with van der Waals surface area (Å²) in [7, 11) is 6.41. The van der Waals surface area contributed by atoms with Crippen molar-refractivity contribution in [3.05, 3.63) is 29.3 Å². The van der Waals surface area contributed by atoms with Gasteiger partial charge in [0.15, 0.2) is 0 Å². The van der Waals surface area contributed by atoms with Gasteiger partial charge in [-0.3, -0.25) is 0 Å². The lowest BCUT2D eigenvalue weighted by atomic mass is 10.1. The molecule has 0 aliphatic heterocycles. The number of likely N-dealkylation sites (N-methyl/N-ethyl adjacent to an activating group) is 2. The van der Waals surface area contributed by atoms with Crippen LogP contribution >= 0.6 is 0 Å². The van der Waals surface area contributed by atoms with E-state index in [1.165, 1.54) is 23.2 Å². The first-order valence-corrected chi connectivity index (χ1v) is 7.20. The largest absolute Gasteiger partial charge is 0.373 e. The van der Waals surface area contributed by atoms with Gasteiger partial charge in [-0.1, -0.05) is 24.6 Å². The van der Waals surface area contributed by atoms with Crippen molar-refractivity contribution in [2.45, 2.75) is 26.8 Å². The number of nitrogens with zero attached hydrogens (tertiary/aromatic N) is 2. The van der Waals surface area contributed by atoms with E-state index in [2.05, 4.69) is 68.3 Å². The molecule has 19 heavy (non-hydrogen) atoms. The van der Waals surface area contributed by atoms with Crippen molar-refractivity contribution < 1.29 is 0 Å². The Morgan fingerprint density at radius 2 is 1.84 bits per heavy atom. The molecule has 3 nitrogen and oxygen atoms in total. The zero-order valence-electron chi connectivity index (χ0n) is 13.2. The lowest BCUT2D eigenvalue weighted by Gasteiger charge is -2.24. The van der Waals surface area contributed by atoms with Crippen LogP contribution in [0.4, 0.5) is 5.69 Å². The molecule has 0 aliphatic rings. The third-order valence-corrected chi connectivity index (χ3v) is 3.27. The number of nitrogens with one attached hydrogen (secondary N) is 1. The maximum atomic E-state index is 3.50. The van der Waals surface area contributed by atoms with Crippen molar-refractivity contribution in [1.29, 1.82) is 0 Å². The van der Waals surface area contributed by atoms with Gasteiger partial charge in [-0.15, -0.1) is 0 Å². The highest BCUT2D eigenvalue weighted by atomic mass is 15.2. The normalized spacial score (nSPS) is 11.1. The summed E-state index contributed by atoms with van der Waals surface area (Å²) >= 11 is 0. The highest BCUT2D eigenvalue weighted by Crippen LogP contribution is 2.20. The predicted octanol–water partition coefficient (Wildman–Crippen LogP) is 2.49. The Balaban J connectivity index is 2.74. The average Bonchev–Trinajstić information content (AvgIpc) is 2.36. The Kier molecular flexibility index (Phi) is 6.89. The Bertz CT molecular complexity index is 374. The molecule has 0 radical (unpaired) electrons. The van der Waals surface area contributed by atoms with Crippen molar-refractivity contribution in [3.8, 4) is 0 Å². The Hall–Kier alpha value is -1.06. The summed E-state index contributed by atoms with van der Waals surface area (Å²) in [6.45, 7) is 8.52. The molecule has 0 aromatic heterocycles. The Morgan fingerprint density at radius 3 is 2.47 bits per heavy atom. The van der Waals surface area contributed by atoms with E-state index in [0.717, 1.165) is 26.2 Å². The maximum absolute atomic E-state index is 3.50. The van der Waals surface area contributed by atoms with Gasteiger partial charge in [0.05, 0.1) is 0 Å². The lowest BCUT2D eigenvalue weighted by Crippen LogP contribution is -2.29. The van der Waals surface area contributed by atoms with Gasteiger partial charge < -0.3 is 15.1 Å². The quantitative estimate of drug-likeness (QED) is 0.727. The lowest BCUT2D eigenvalue weighted by molar-refractivity contribution is 0.416. The van der Waals surface area contributed by atoms with Crippen molar-refractivity contribution in [2.75, 3.05) is 45.7 Å². The van der Waals surface area contributed by atoms with Crippen LogP contribution in [-0.4, -0.2) is 45.7 Å². The van der Waals surface area contributed by atoms with Gasteiger partial charge in [0.2, 0.25) is 0 Å². The number of hydrogen-bond donors (Lipinski definition) is 1. The molecular weight excluding hydrogens is 234 g/mol. The third kappa shape index (κ3) is 5.62. The van der Waals surface area contributed by atoms with E-state index in [1.807, 2.05) is 0 Å². The first-order valence-electron chi connectivity index (χ1n) is 7.20. The number of anilines is 1. The summed E-state index contributed by atoms with van der Waals surface area (Å²) in [5.41, 5.74) is 4.07. The Labute approximate surface area is 118 Å². The zero-order valence-corrected chi connectivity index (χ0v) is 13.2. The Morgan fingerprint density at radius 1 is 1.11 bits per heavy atom. The fraction of sp³-hybridized carbons (Fsp3) is 0.625. The van der Waals surface area contributed by atoms with E-state index in [4.69, 9.17) is 0 Å². The monoisotopic (exact) mass is 263 g/mol. The number of hydrogen-bond acceptors (Lipinski definition) is 3. The molecule has 1 aromatic carbocycles. The summed E-state index contributed by atoms with van der Waals surface area (Å²) in [5, 5.41) is 3.50. The van der Waals surface area contributed by atoms with Crippen LogP contribution in [0.2, 0.25) is 0 Å². The first-order chi connectivity index (χ1) is 9.04. The van der Waals surface area contributed by atoms with Gasteiger partial charge in [-0.25, -0.2) is 0 Å². The maximum Gasteiger partial charge on any atom is 0.0409 e. The minimum Gasteiger partial charge on any atom is -0.373 e. The molecule has 0 fully saturated rings. The van der Waals surface area contributed by atoms with Crippen LogP contribution in [0.1, 0.15) is 24.5 Å². The average molecular weight is 263 g/mol. The van der Waals surface area contributed by atoms with Crippen LogP contribution in [0.3, 0.4) is 0 Å². The molecule has 0 bridgehead atoms. The van der Waals surface area contributed by atoms with Gasteiger partial charge in [-0.2, -0.15) is 0 Å². The predicted molar refractivity (Wildman–Crippen MR) is 85.0 cm³/mol. The molecule has 0 heterocycles. The van der Waals surface area contributed by atoms with E-state index in [9.17, 15) is 0 Å². The van der Waals surface area contributed by atoms with Gasteiger partial charge in [0.1, 0.15) is 0 Å². The SMILES string of the molecule is CCCNCc1cc(C)ccc1N(C)CCN(C)C. The highest BCUT2D eigenvalue weighted by Gasteiger charge is 2.07. The van der Waals surface area contributed by atoms with E-state index in [-0.39, 0.29) is 0 Å². The molecular formula is C16H29N3.